The number of rotatable bonds is 4. The molecule has 3 nitrogen and oxygen atoms in total. The van der Waals surface area contributed by atoms with Crippen LogP contribution in [0.1, 0.15) is 44.2 Å². The molecule has 1 saturated heterocycles. The quantitative estimate of drug-likeness (QED) is 0.927. The van der Waals surface area contributed by atoms with E-state index in [0.717, 1.165) is 38.0 Å². The van der Waals surface area contributed by atoms with Gasteiger partial charge in [-0.2, -0.15) is 0 Å². The van der Waals surface area contributed by atoms with E-state index in [1.54, 1.807) is 12.1 Å². The molecule has 2 fully saturated rings. The smallest absolute Gasteiger partial charge is 0.123 e. The lowest BCUT2D eigenvalue weighted by Gasteiger charge is -2.44. The first-order valence-corrected chi connectivity index (χ1v) is 8.09. The van der Waals surface area contributed by atoms with Gasteiger partial charge in [-0.1, -0.05) is 19.1 Å². The second-order valence-corrected chi connectivity index (χ2v) is 6.22. The maximum Gasteiger partial charge on any atom is 0.123 e. The van der Waals surface area contributed by atoms with Gasteiger partial charge < -0.3 is 10.5 Å². The van der Waals surface area contributed by atoms with Crippen LogP contribution in [0.4, 0.5) is 4.39 Å². The molecule has 4 unspecified atom stereocenters. The van der Waals surface area contributed by atoms with Crippen LogP contribution in [0.5, 0.6) is 0 Å². The summed E-state index contributed by atoms with van der Waals surface area (Å²) < 4.78 is 19.5. The number of nitrogens with zero attached hydrogens (tertiary/aromatic N) is 1. The maximum absolute atomic E-state index is 13.6. The van der Waals surface area contributed by atoms with E-state index in [9.17, 15) is 4.39 Å². The minimum Gasteiger partial charge on any atom is -0.375 e. The van der Waals surface area contributed by atoms with Crippen LogP contribution in [0.15, 0.2) is 24.3 Å². The van der Waals surface area contributed by atoms with Gasteiger partial charge in [0.05, 0.1) is 18.8 Å². The number of fused-ring (bicyclic) bond motifs is 1. The van der Waals surface area contributed by atoms with Crippen LogP contribution in [0.3, 0.4) is 0 Å². The van der Waals surface area contributed by atoms with Crippen LogP contribution < -0.4 is 5.73 Å². The Hall–Kier alpha value is -0.970. The lowest BCUT2D eigenvalue weighted by Crippen LogP contribution is -2.53. The van der Waals surface area contributed by atoms with Gasteiger partial charge in [0.25, 0.3) is 0 Å². The van der Waals surface area contributed by atoms with Crippen molar-refractivity contribution in [2.75, 3.05) is 13.2 Å². The van der Waals surface area contributed by atoms with Gasteiger partial charge in [0.2, 0.25) is 0 Å². The van der Waals surface area contributed by atoms with E-state index in [4.69, 9.17) is 10.5 Å². The Balaban J connectivity index is 1.91. The van der Waals surface area contributed by atoms with Crippen LogP contribution in [-0.2, 0) is 4.74 Å². The molecule has 1 aromatic rings. The largest absolute Gasteiger partial charge is 0.375 e. The molecule has 116 valence electrons. The van der Waals surface area contributed by atoms with Crippen molar-refractivity contribution >= 4 is 0 Å². The summed E-state index contributed by atoms with van der Waals surface area (Å²) in [5.74, 6) is -0.183. The molecule has 2 aliphatic rings. The molecule has 4 heteroatoms. The third-order valence-corrected chi connectivity index (χ3v) is 4.95. The van der Waals surface area contributed by atoms with E-state index in [1.165, 1.54) is 12.5 Å². The van der Waals surface area contributed by atoms with Crippen molar-refractivity contribution in [3.63, 3.8) is 0 Å². The number of morpholine rings is 1. The first-order valence-electron chi connectivity index (χ1n) is 8.09. The highest BCUT2D eigenvalue weighted by molar-refractivity contribution is 5.22. The van der Waals surface area contributed by atoms with Crippen molar-refractivity contribution in [2.24, 2.45) is 5.73 Å². The predicted molar refractivity (Wildman–Crippen MR) is 81.5 cm³/mol. The molecule has 1 saturated carbocycles. The third-order valence-electron chi connectivity index (χ3n) is 4.95. The van der Waals surface area contributed by atoms with E-state index in [0.29, 0.717) is 12.1 Å². The van der Waals surface area contributed by atoms with E-state index < -0.39 is 0 Å². The molecule has 1 heterocycles. The van der Waals surface area contributed by atoms with Crippen LogP contribution >= 0.6 is 0 Å². The monoisotopic (exact) mass is 292 g/mol. The zero-order chi connectivity index (χ0) is 14.8. The lowest BCUT2D eigenvalue weighted by atomic mass is 9.93. The molecule has 1 aliphatic carbocycles. The standard InChI is InChI=1S/C17H25FN2O/c1-2-14(19)17(12-5-3-6-13(18)11-12)20-9-10-21-16-8-4-7-15(16)20/h3,5-6,11,14-17H,2,4,7-10,19H2,1H3. The Morgan fingerprint density at radius 3 is 3.05 bits per heavy atom. The summed E-state index contributed by atoms with van der Waals surface area (Å²) >= 11 is 0. The van der Waals surface area contributed by atoms with Crippen molar-refractivity contribution in [1.82, 2.24) is 4.90 Å². The molecule has 4 atom stereocenters. The fourth-order valence-corrected chi connectivity index (χ4v) is 3.90. The Labute approximate surface area is 126 Å². The fourth-order valence-electron chi connectivity index (χ4n) is 3.90. The summed E-state index contributed by atoms with van der Waals surface area (Å²) in [5, 5.41) is 0. The summed E-state index contributed by atoms with van der Waals surface area (Å²) in [4.78, 5) is 2.48. The topological polar surface area (TPSA) is 38.5 Å². The highest BCUT2D eigenvalue weighted by Crippen LogP contribution is 2.37. The number of hydrogen-bond donors (Lipinski definition) is 1. The summed E-state index contributed by atoms with van der Waals surface area (Å²) in [5.41, 5.74) is 7.41. The van der Waals surface area contributed by atoms with Gasteiger partial charge in [0.15, 0.2) is 0 Å². The Morgan fingerprint density at radius 1 is 1.43 bits per heavy atom. The summed E-state index contributed by atoms with van der Waals surface area (Å²) in [6.07, 6.45) is 4.73. The van der Waals surface area contributed by atoms with Gasteiger partial charge in [-0.3, -0.25) is 4.90 Å². The van der Waals surface area contributed by atoms with Crippen LogP contribution in [0.2, 0.25) is 0 Å². The van der Waals surface area contributed by atoms with Gasteiger partial charge in [0.1, 0.15) is 5.82 Å². The normalized spacial score (nSPS) is 29.1. The number of nitrogens with two attached hydrogens (primary N) is 1. The third kappa shape index (κ3) is 2.98. The first-order chi connectivity index (χ1) is 10.2. The van der Waals surface area contributed by atoms with Gasteiger partial charge in [-0.05, 0) is 43.4 Å². The van der Waals surface area contributed by atoms with E-state index in [-0.39, 0.29) is 17.9 Å². The highest BCUT2D eigenvalue weighted by Gasteiger charge is 2.41. The highest BCUT2D eigenvalue weighted by atomic mass is 19.1. The van der Waals surface area contributed by atoms with Crippen molar-refractivity contribution in [1.29, 1.82) is 0 Å². The molecule has 0 bridgehead atoms. The second-order valence-electron chi connectivity index (χ2n) is 6.22. The van der Waals surface area contributed by atoms with Crippen LogP contribution in [-0.4, -0.2) is 36.2 Å². The number of benzene rings is 1. The average molecular weight is 292 g/mol. The number of halogens is 1. The molecule has 0 radical (unpaired) electrons. The van der Waals surface area contributed by atoms with Crippen molar-refractivity contribution in [3.05, 3.63) is 35.6 Å². The molecular formula is C17H25FN2O. The second kappa shape index (κ2) is 6.42. The average Bonchev–Trinajstić information content (AvgIpc) is 2.96. The predicted octanol–water partition coefficient (Wildman–Crippen LogP) is 2.86. The Kier molecular flexibility index (Phi) is 4.57. The molecule has 2 N–H and O–H groups in total. The molecular weight excluding hydrogens is 267 g/mol. The van der Waals surface area contributed by atoms with E-state index in [1.807, 2.05) is 6.07 Å². The van der Waals surface area contributed by atoms with E-state index >= 15 is 0 Å². The van der Waals surface area contributed by atoms with Gasteiger partial charge in [-0.15, -0.1) is 0 Å². The van der Waals surface area contributed by atoms with Gasteiger partial charge in [-0.25, -0.2) is 4.39 Å². The van der Waals surface area contributed by atoms with Gasteiger partial charge in [0, 0.05) is 18.6 Å². The van der Waals surface area contributed by atoms with Crippen molar-refractivity contribution in [2.45, 2.75) is 56.8 Å². The lowest BCUT2D eigenvalue weighted by molar-refractivity contribution is -0.0763. The Morgan fingerprint density at radius 2 is 2.29 bits per heavy atom. The number of hydrogen-bond acceptors (Lipinski definition) is 3. The molecule has 0 spiro atoms. The molecule has 1 aromatic carbocycles. The molecule has 0 aromatic heterocycles. The minimum absolute atomic E-state index is 0.0196. The molecule has 1 aliphatic heterocycles. The minimum atomic E-state index is -0.183. The summed E-state index contributed by atoms with van der Waals surface area (Å²) in [6, 6.07) is 7.46. The fraction of sp³-hybridized carbons (Fsp3) is 0.647. The van der Waals surface area contributed by atoms with Crippen LogP contribution in [0, 0.1) is 5.82 Å². The molecule has 3 rings (SSSR count). The van der Waals surface area contributed by atoms with E-state index in [2.05, 4.69) is 11.8 Å². The zero-order valence-corrected chi connectivity index (χ0v) is 12.7. The van der Waals surface area contributed by atoms with Crippen molar-refractivity contribution in [3.8, 4) is 0 Å². The summed E-state index contributed by atoms with van der Waals surface area (Å²) in [6.45, 7) is 3.74. The Bertz CT molecular complexity index is 482. The molecule has 21 heavy (non-hydrogen) atoms. The van der Waals surface area contributed by atoms with Gasteiger partial charge >= 0.3 is 0 Å². The van der Waals surface area contributed by atoms with Crippen LogP contribution in [0.25, 0.3) is 0 Å². The number of ether oxygens (including phenoxy) is 1. The van der Waals surface area contributed by atoms with Crippen molar-refractivity contribution < 1.29 is 9.13 Å². The summed E-state index contributed by atoms with van der Waals surface area (Å²) in [7, 11) is 0. The SMILES string of the molecule is CCC(N)C(c1cccc(F)c1)N1CCOC2CCCC21. The first kappa shape index (κ1) is 14.9. The maximum atomic E-state index is 13.6. The molecule has 0 amide bonds. The zero-order valence-electron chi connectivity index (χ0n) is 12.7.